The molecule has 0 unspecified atom stereocenters. The highest BCUT2D eigenvalue weighted by Gasteiger charge is 2.07. The number of hydrogen-bond donors (Lipinski definition) is 0. The number of cyclic esters (lactones) is 2. The van der Waals surface area contributed by atoms with Crippen LogP contribution >= 0.6 is 11.8 Å². The van der Waals surface area contributed by atoms with E-state index in [0.717, 1.165) is 0 Å². The molecular weight excluding hydrogens is 216 g/mol. The fourth-order valence-electron chi connectivity index (χ4n) is 0.910. The summed E-state index contributed by atoms with van der Waals surface area (Å²) in [5, 5.41) is 0. The average Bonchev–Trinajstić information content (AvgIpc) is 2.22. The van der Waals surface area contributed by atoms with Gasteiger partial charge in [0.2, 0.25) is 0 Å². The minimum atomic E-state index is -0.311. The Kier molecular flexibility index (Phi) is 5.71. The predicted molar refractivity (Wildman–Crippen MR) is 56.3 cm³/mol. The summed E-state index contributed by atoms with van der Waals surface area (Å²) in [4.78, 5) is 22.1. The molecule has 4 nitrogen and oxygen atoms in total. The summed E-state index contributed by atoms with van der Waals surface area (Å²) < 4.78 is 9.75. The van der Waals surface area contributed by atoms with E-state index in [4.69, 9.17) is 9.47 Å². The molecule has 0 spiro atoms. The van der Waals surface area contributed by atoms with Crippen molar-refractivity contribution in [2.75, 3.05) is 24.7 Å². The normalized spacial score (nSPS) is 19.5. The van der Waals surface area contributed by atoms with Crippen molar-refractivity contribution in [3.05, 3.63) is 0 Å². The number of rotatable bonds is 0. The second kappa shape index (κ2) is 7.18. The molecule has 5 heteroatoms. The molecule has 82 valence electrons. The number of thioether (sulfide) groups is 1. The first-order valence-corrected chi connectivity index (χ1v) is 5.79. The van der Waals surface area contributed by atoms with Crippen LogP contribution in [-0.2, 0) is 19.1 Å². The van der Waals surface area contributed by atoms with E-state index in [-0.39, 0.29) is 23.4 Å². The van der Waals surface area contributed by atoms with Gasteiger partial charge < -0.3 is 9.47 Å². The molecule has 0 aromatic carbocycles. The van der Waals surface area contributed by atoms with Crippen LogP contribution in [0.5, 0.6) is 0 Å². The van der Waals surface area contributed by atoms with Gasteiger partial charge in [-0.05, 0) is 0 Å². The summed E-state index contributed by atoms with van der Waals surface area (Å²) in [5.41, 5.74) is 0. The maximum Gasteiger partial charge on any atom is 0.315 e. The highest BCUT2D eigenvalue weighted by Crippen LogP contribution is 2.02. The third-order valence-electron chi connectivity index (χ3n) is 1.55. The smallest absolute Gasteiger partial charge is 0.315 e. The first-order valence-electron chi connectivity index (χ1n) is 4.64. The van der Waals surface area contributed by atoms with Crippen molar-refractivity contribution in [2.24, 2.45) is 0 Å². The van der Waals surface area contributed by atoms with Crippen LogP contribution in [-0.4, -0.2) is 36.7 Å². The van der Waals surface area contributed by atoms with Crippen LogP contribution in [0.1, 0.15) is 12.8 Å². The fourth-order valence-corrected chi connectivity index (χ4v) is 1.51. The second-order valence-corrected chi connectivity index (χ2v) is 3.77. The Labute approximate surface area is 92.7 Å². The molecular formula is C10H12O4S. The zero-order chi connectivity index (χ0) is 10.9. The van der Waals surface area contributed by atoms with Crippen LogP contribution in [0.2, 0.25) is 0 Å². The molecule has 1 rings (SSSR count). The van der Waals surface area contributed by atoms with E-state index < -0.39 is 0 Å². The summed E-state index contributed by atoms with van der Waals surface area (Å²) in [6.07, 6.45) is 1.06. The van der Waals surface area contributed by atoms with Crippen molar-refractivity contribution >= 4 is 23.7 Å². The first-order chi connectivity index (χ1) is 7.29. The molecule has 0 fully saturated rings. The van der Waals surface area contributed by atoms with Gasteiger partial charge in [-0.2, -0.15) is 0 Å². The number of hydrogen-bond acceptors (Lipinski definition) is 5. The van der Waals surface area contributed by atoms with Crippen molar-refractivity contribution in [1.82, 2.24) is 0 Å². The zero-order valence-corrected chi connectivity index (χ0v) is 9.10. The molecule has 0 amide bonds. The van der Waals surface area contributed by atoms with E-state index >= 15 is 0 Å². The van der Waals surface area contributed by atoms with Crippen LogP contribution in [0.3, 0.4) is 0 Å². The van der Waals surface area contributed by atoms with E-state index in [1.54, 1.807) is 0 Å². The molecule has 0 aliphatic carbocycles. The van der Waals surface area contributed by atoms with Crippen LogP contribution in [0.15, 0.2) is 0 Å². The fraction of sp³-hybridized carbons (Fsp3) is 0.600. The second-order valence-electron chi connectivity index (χ2n) is 2.79. The topological polar surface area (TPSA) is 52.6 Å². The molecule has 1 aliphatic heterocycles. The number of carbonyl (C=O) groups excluding carboxylic acids is 2. The minimum Gasteiger partial charge on any atom is -0.464 e. The monoisotopic (exact) mass is 228 g/mol. The molecule has 0 atom stereocenters. The lowest BCUT2D eigenvalue weighted by atomic mass is 10.4. The maximum atomic E-state index is 11.0. The Morgan fingerprint density at radius 3 is 1.87 bits per heavy atom. The lowest BCUT2D eigenvalue weighted by molar-refractivity contribution is -0.140. The van der Waals surface area contributed by atoms with Gasteiger partial charge in [-0.1, -0.05) is 11.8 Å². The van der Waals surface area contributed by atoms with Crippen molar-refractivity contribution in [1.29, 1.82) is 0 Å². The summed E-state index contributed by atoms with van der Waals surface area (Å²) in [6, 6.07) is 0. The summed E-state index contributed by atoms with van der Waals surface area (Å²) >= 11 is 1.20. The largest absolute Gasteiger partial charge is 0.464 e. The Morgan fingerprint density at radius 2 is 1.40 bits per heavy atom. The molecule has 1 aliphatic rings. The molecule has 15 heavy (non-hydrogen) atoms. The number of ether oxygens (including phenoxy) is 2. The SMILES string of the molecule is O=C1CSCC(=O)OCCC#CCCO1. The standard InChI is InChI=1S/C10H12O4S/c11-9-7-15-8-10(12)14-6-4-2-1-3-5-13-9/h3-8H2. The van der Waals surface area contributed by atoms with Gasteiger partial charge in [-0.15, -0.1) is 11.8 Å². The van der Waals surface area contributed by atoms with Gasteiger partial charge in [0, 0.05) is 12.8 Å². The van der Waals surface area contributed by atoms with Gasteiger partial charge in [-0.25, -0.2) is 0 Å². The van der Waals surface area contributed by atoms with E-state index in [1.807, 2.05) is 0 Å². The van der Waals surface area contributed by atoms with Crippen molar-refractivity contribution in [2.45, 2.75) is 12.8 Å². The molecule has 0 aromatic rings. The molecule has 0 saturated carbocycles. The molecule has 0 radical (unpaired) electrons. The third-order valence-corrected chi connectivity index (χ3v) is 2.42. The molecule has 1 heterocycles. The van der Waals surface area contributed by atoms with E-state index in [9.17, 15) is 9.59 Å². The number of esters is 2. The number of carbonyl (C=O) groups is 2. The average molecular weight is 228 g/mol. The summed E-state index contributed by atoms with van der Waals surface area (Å²) in [7, 11) is 0. The predicted octanol–water partition coefficient (Wildman–Crippen LogP) is 0.603. The molecule has 0 bridgehead atoms. The highest BCUT2D eigenvalue weighted by atomic mass is 32.2. The Hall–Kier alpha value is -1.15. The first kappa shape index (κ1) is 11.9. The van der Waals surface area contributed by atoms with Crippen LogP contribution in [0.4, 0.5) is 0 Å². The Morgan fingerprint density at radius 1 is 0.933 bits per heavy atom. The van der Waals surface area contributed by atoms with Gasteiger partial charge in [0.15, 0.2) is 0 Å². The van der Waals surface area contributed by atoms with Crippen molar-refractivity contribution in [3.63, 3.8) is 0 Å². The van der Waals surface area contributed by atoms with Crippen molar-refractivity contribution < 1.29 is 19.1 Å². The highest BCUT2D eigenvalue weighted by molar-refractivity contribution is 8.00. The van der Waals surface area contributed by atoms with Crippen LogP contribution < -0.4 is 0 Å². The third kappa shape index (κ3) is 6.02. The van der Waals surface area contributed by atoms with Gasteiger partial charge in [0.1, 0.15) is 13.2 Å². The Balaban J connectivity index is 2.38. The maximum absolute atomic E-state index is 11.0. The van der Waals surface area contributed by atoms with Crippen LogP contribution in [0.25, 0.3) is 0 Å². The lowest BCUT2D eigenvalue weighted by Gasteiger charge is -2.02. The van der Waals surface area contributed by atoms with Gasteiger partial charge >= 0.3 is 11.9 Å². The quantitative estimate of drug-likeness (QED) is 0.449. The summed E-state index contributed by atoms with van der Waals surface area (Å²) in [5.74, 6) is 5.41. The van der Waals surface area contributed by atoms with E-state index in [0.29, 0.717) is 26.1 Å². The van der Waals surface area contributed by atoms with Crippen molar-refractivity contribution in [3.8, 4) is 11.8 Å². The molecule has 0 N–H and O–H groups in total. The molecule has 0 aromatic heterocycles. The molecule has 0 saturated heterocycles. The van der Waals surface area contributed by atoms with Gasteiger partial charge in [0.05, 0.1) is 11.5 Å². The van der Waals surface area contributed by atoms with E-state index in [2.05, 4.69) is 11.8 Å². The summed E-state index contributed by atoms with van der Waals surface area (Å²) in [6.45, 7) is 0.641. The minimum absolute atomic E-state index is 0.183. The zero-order valence-electron chi connectivity index (χ0n) is 8.28. The van der Waals surface area contributed by atoms with Gasteiger partial charge in [-0.3, -0.25) is 9.59 Å². The Bertz CT molecular complexity index is 264. The lowest BCUT2D eigenvalue weighted by Crippen LogP contribution is -2.12. The van der Waals surface area contributed by atoms with Gasteiger partial charge in [0.25, 0.3) is 0 Å². The van der Waals surface area contributed by atoms with E-state index in [1.165, 1.54) is 11.8 Å². The van der Waals surface area contributed by atoms with Crippen LogP contribution in [0, 0.1) is 11.8 Å².